The molecule has 1 aliphatic rings. The van der Waals surface area contributed by atoms with Crippen LogP contribution in [-0.2, 0) is 0 Å². The molecule has 0 fully saturated rings. The molecule has 47 heavy (non-hydrogen) atoms. The zero-order valence-corrected chi connectivity index (χ0v) is 28.9. The van der Waals surface area contributed by atoms with Crippen molar-refractivity contribution in [2.45, 2.75) is 5.21 Å². The van der Waals surface area contributed by atoms with Gasteiger partial charge in [0.25, 0.3) is 5.91 Å². The molecule has 0 unspecified atom stereocenters. The number of phenolic OH excluding ortho intramolecular Hbond substituents is 1. The van der Waals surface area contributed by atoms with Crippen LogP contribution in [-0.4, -0.2) is 100 Å². The monoisotopic (exact) mass is 686 g/mol. The number of hydrogen-bond donors (Lipinski definition) is 2. The molecule has 1 radical (unpaired) electrons. The van der Waals surface area contributed by atoms with Crippen molar-refractivity contribution in [2.24, 2.45) is 0 Å². The van der Waals surface area contributed by atoms with E-state index in [1.165, 1.54) is 0 Å². The fourth-order valence-electron chi connectivity index (χ4n) is 5.71. The number of aromatic hydroxyl groups is 1. The van der Waals surface area contributed by atoms with Crippen LogP contribution >= 0.6 is 0 Å². The number of fused-ring (bicyclic) bond motifs is 7. The van der Waals surface area contributed by atoms with Gasteiger partial charge >= 0.3 is 153 Å². The van der Waals surface area contributed by atoms with Crippen LogP contribution in [0.5, 0.6) is 5.75 Å². The first-order valence-electron chi connectivity index (χ1n) is 15.6. The van der Waals surface area contributed by atoms with Gasteiger partial charge in [-0.15, -0.1) is 0 Å². The van der Waals surface area contributed by atoms with Gasteiger partial charge in [0.2, 0.25) is 0 Å². The van der Waals surface area contributed by atoms with E-state index in [9.17, 15) is 14.7 Å². The Hall–Kier alpha value is -4.62. The number of nitrogens with one attached hydrogen (secondary N) is 1. The van der Waals surface area contributed by atoms with Crippen molar-refractivity contribution in [3.05, 3.63) is 108 Å². The predicted molar refractivity (Wildman–Crippen MR) is 191 cm³/mol. The average molecular weight is 687 g/mol. The summed E-state index contributed by atoms with van der Waals surface area (Å²) in [5.41, 5.74) is 6.55. The third-order valence-electron chi connectivity index (χ3n) is 8.06. The molecule has 4 aromatic carbocycles. The van der Waals surface area contributed by atoms with Gasteiger partial charge in [0.1, 0.15) is 0 Å². The van der Waals surface area contributed by atoms with Gasteiger partial charge in [-0.3, -0.25) is 4.79 Å². The summed E-state index contributed by atoms with van der Waals surface area (Å²) in [6, 6.07) is 28.7. The van der Waals surface area contributed by atoms with E-state index in [1.807, 2.05) is 91.8 Å². The number of rotatable bonds is 8. The van der Waals surface area contributed by atoms with Gasteiger partial charge in [-0.25, -0.2) is 4.98 Å². The molecular weight excluding hydrogens is 649 g/mol. The quantitative estimate of drug-likeness (QED) is 0.169. The van der Waals surface area contributed by atoms with Gasteiger partial charge < -0.3 is 10.2 Å². The number of aromatic nitrogens is 2. The van der Waals surface area contributed by atoms with E-state index in [1.54, 1.807) is 12.1 Å². The Bertz CT molecular complexity index is 2130. The number of likely N-dealkylation sites (N-methyl/N-ethyl adjacent to an activating group) is 1. The van der Waals surface area contributed by atoms with Crippen LogP contribution in [0.15, 0.2) is 91.0 Å². The summed E-state index contributed by atoms with van der Waals surface area (Å²) in [5.74, 6) is 0.214. The van der Waals surface area contributed by atoms with Crippen LogP contribution in [0.25, 0.3) is 43.8 Å². The molecule has 2 heterocycles. The van der Waals surface area contributed by atoms with Gasteiger partial charge in [0, 0.05) is 23.9 Å². The summed E-state index contributed by atoms with van der Waals surface area (Å²) in [6.07, 6.45) is 0. The maximum absolute atomic E-state index is 13.0. The first-order valence-corrected chi connectivity index (χ1v) is 17.8. The summed E-state index contributed by atoms with van der Waals surface area (Å²) in [5, 5.41) is 16.8. The Balaban J connectivity index is 0.000000166. The molecule has 2 N–H and O–H groups in total. The van der Waals surface area contributed by atoms with Crippen LogP contribution in [0.1, 0.15) is 26.3 Å². The molecular formula is C38H37AsN5O3. The van der Waals surface area contributed by atoms with Gasteiger partial charge in [-0.1, -0.05) is 30.3 Å². The fraction of sp³-hybridized carbons (Fsp3) is 0.211. The van der Waals surface area contributed by atoms with E-state index in [0.29, 0.717) is 12.1 Å². The zero-order valence-electron chi connectivity index (χ0n) is 27.0. The molecule has 7 rings (SSSR count). The number of ketones is 1. The fourth-order valence-corrected chi connectivity index (χ4v) is 8.36. The van der Waals surface area contributed by atoms with Crippen molar-refractivity contribution in [3.63, 3.8) is 0 Å². The third kappa shape index (κ3) is 6.91. The Labute approximate surface area is 281 Å². The molecule has 6 aromatic rings. The second-order valence-corrected chi connectivity index (χ2v) is 14.6. The topological polar surface area (TPSA) is 98.7 Å². The molecule has 0 aliphatic heterocycles. The summed E-state index contributed by atoms with van der Waals surface area (Å²) in [7, 11) is 8.08. The summed E-state index contributed by atoms with van der Waals surface area (Å²) in [6.45, 7) is 2.42. The predicted octanol–water partition coefficient (Wildman–Crippen LogP) is 5.14. The van der Waals surface area contributed by atoms with Crippen molar-refractivity contribution >= 4 is 64.6 Å². The summed E-state index contributed by atoms with van der Waals surface area (Å²) >= 11 is -0.217. The Morgan fingerprint density at radius 3 is 2.28 bits per heavy atom. The molecule has 2 aromatic heterocycles. The molecule has 237 valence electrons. The van der Waals surface area contributed by atoms with E-state index in [0.717, 1.165) is 77.7 Å². The SMILES string of the molecule is CN(C)CCNC(=O)c1cccc2cc3ccccc3nc12.CN(C)CC[As]c1nc2cc(O)ccc2c2c1C(=O)c1ccccc1-2. The molecule has 0 atom stereocenters. The number of hydrogen-bond acceptors (Lipinski definition) is 7. The average Bonchev–Trinajstić information content (AvgIpc) is 3.36. The molecule has 1 amide bonds. The first-order chi connectivity index (χ1) is 22.7. The van der Waals surface area contributed by atoms with Crippen molar-refractivity contribution in [1.82, 2.24) is 25.1 Å². The zero-order chi connectivity index (χ0) is 33.1. The number of para-hydroxylation sites is 2. The van der Waals surface area contributed by atoms with Crippen molar-refractivity contribution in [2.75, 3.05) is 47.8 Å². The first kappa shape index (κ1) is 32.3. The molecule has 0 saturated carbocycles. The van der Waals surface area contributed by atoms with Crippen molar-refractivity contribution in [3.8, 4) is 16.9 Å². The molecule has 0 bridgehead atoms. The Kier molecular flexibility index (Phi) is 9.64. The maximum atomic E-state index is 13.0. The van der Waals surface area contributed by atoms with Crippen LogP contribution < -0.4 is 9.80 Å². The van der Waals surface area contributed by atoms with E-state index < -0.39 is 0 Å². The minimum atomic E-state index is -0.217. The Morgan fingerprint density at radius 1 is 0.766 bits per heavy atom. The number of nitrogens with zero attached hydrogens (tertiary/aromatic N) is 4. The van der Waals surface area contributed by atoms with Crippen molar-refractivity contribution < 1.29 is 14.7 Å². The molecule has 1 aliphatic carbocycles. The third-order valence-corrected chi connectivity index (χ3v) is 10.3. The number of benzene rings is 4. The summed E-state index contributed by atoms with van der Waals surface area (Å²) < 4.78 is 0.924. The van der Waals surface area contributed by atoms with Gasteiger partial charge in [-0.2, -0.15) is 0 Å². The molecule has 9 heteroatoms. The van der Waals surface area contributed by atoms with Gasteiger partial charge in [0.05, 0.1) is 16.6 Å². The number of carbonyl (C=O) groups is 2. The standard InChI is InChI=1S/C20H18AsN2O2.C18H19N3O/c1-23(2)10-9-21-20-18-17(13-5-3-4-6-14(13)19(18)25)15-8-7-12(24)11-16(15)22-20;1-21(2)11-10-19-18(22)15-8-5-7-14-12-13-6-3-4-9-16(13)20-17(14)15/h3-8,11,24H,9-10H2,1-2H3;3-9,12H,10-11H2,1-2H3,(H,19,22). The van der Waals surface area contributed by atoms with E-state index >= 15 is 0 Å². The Morgan fingerprint density at radius 2 is 1.49 bits per heavy atom. The second kappa shape index (κ2) is 14.0. The number of carbonyl (C=O) groups excluding carboxylic acids is 2. The van der Waals surface area contributed by atoms with Gasteiger partial charge in [0.15, 0.2) is 0 Å². The van der Waals surface area contributed by atoms with Gasteiger partial charge in [-0.05, 0) is 32.3 Å². The number of amides is 1. The van der Waals surface area contributed by atoms with E-state index in [-0.39, 0.29) is 33.2 Å². The molecule has 0 saturated heterocycles. The normalized spacial score (nSPS) is 12.3. The van der Waals surface area contributed by atoms with Crippen molar-refractivity contribution in [1.29, 1.82) is 0 Å². The molecule has 0 spiro atoms. The minimum absolute atomic E-state index is 0.0739. The van der Waals surface area contributed by atoms with Crippen LogP contribution in [0, 0.1) is 0 Å². The van der Waals surface area contributed by atoms with Crippen LogP contribution in [0.3, 0.4) is 0 Å². The van der Waals surface area contributed by atoms with E-state index in [2.05, 4.69) is 35.4 Å². The van der Waals surface area contributed by atoms with Crippen LogP contribution in [0.2, 0.25) is 5.21 Å². The number of pyridine rings is 2. The molecule has 8 nitrogen and oxygen atoms in total. The number of phenols is 1. The second-order valence-electron chi connectivity index (χ2n) is 12.1. The van der Waals surface area contributed by atoms with E-state index in [4.69, 9.17) is 4.98 Å². The summed E-state index contributed by atoms with van der Waals surface area (Å²) in [4.78, 5) is 39.1. The van der Waals surface area contributed by atoms with Crippen LogP contribution in [0.4, 0.5) is 0 Å².